The van der Waals surface area contributed by atoms with Crippen LogP contribution in [0, 0.1) is 0 Å². The van der Waals surface area contributed by atoms with Crippen molar-refractivity contribution in [2.24, 2.45) is 0 Å². The molecule has 2 heterocycles. The number of esters is 1. The number of methoxy groups -OCH3 is 2. The smallest absolute Gasteiger partial charge is 0.339 e. The van der Waals surface area contributed by atoms with Crippen LogP contribution in [0.3, 0.4) is 0 Å². The molecule has 2 aromatic carbocycles. The lowest BCUT2D eigenvalue weighted by Crippen LogP contribution is -2.11. The van der Waals surface area contributed by atoms with Crippen molar-refractivity contribution in [1.82, 2.24) is 0 Å². The summed E-state index contributed by atoms with van der Waals surface area (Å²) in [5, 5.41) is 1.87. The summed E-state index contributed by atoms with van der Waals surface area (Å²) in [4.78, 5) is 12.5. The third kappa shape index (κ3) is 2.40. The second-order valence-electron chi connectivity index (χ2n) is 6.65. The lowest BCUT2D eigenvalue weighted by atomic mass is 9.87. The lowest BCUT2D eigenvalue weighted by Gasteiger charge is -2.19. The van der Waals surface area contributed by atoms with Gasteiger partial charge in [0.2, 0.25) is 0 Å². The minimum Gasteiger partial charge on any atom is -0.493 e. The van der Waals surface area contributed by atoms with Crippen molar-refractivity contribution >= 4 is 22.3 Å². The fourth-order valence-corrected chi connectivity index (χ4v) is 3.95. The highest BCUT2D eigenvalue weighted by atomic mass is 16.7. The molecule has 2 aromatic rings. The van der Waals surface area contributed by atoms with Crippen LogP contribution in [0.15, 0.2) is 36.1 Å². The van der Waals surface area contributed by atoms with Crippen molar-refractivity contribution in [3.8, 4) is 11.5 Å². The monoisotopic (exact) mass is 366 g/mol. The summed E-state index contributed by atoms with van der Waals surface area (Å²) in [6.45, 7) is 0.538. The number of allylic oxidation sites excluding steroid dienone is 2. The van der Waals surface area contributed by atoms with Gasteiger partial charge in [-0.25, -0.2) is 4.79 Å². The van der Waals surface area contributed by atoms with Gasteiger partial charge in [-0.05, 0) is 47.0 Å². The molecule has 0 bridgehead atoms. The Bertz CT molecular complexity index is 1030. The summed E-state index contributed by atoms with van der Waals surface area (Å²) in [7, 11) is 3.21. The van der Waals surface area contributed by atoms with E-state index in [-0.39, 0.29) is 25.5 Å². The summed E-state index contributed by atoms with van der Waals surface area (Å²) in [6.07, 6.45) is 4.70. The molecule has 0 aromatic heterocycles. The van der Waals surface area contributed by atoms with Crippen LogP contribution in [0.25, 0.3) is 16.3 Å². The van der Waals surface area contributed by atoms with Gasteiger partial charge in [-0.15, -0.1) is 0 Å². The van der Waals surface area contributed by atoms with E-state index in [9.17, 15) is 4.79 Å². The summed E-state index contributed by atoms with van der Waals surface area (Å²) in [6, 6.07) is 5.82. The second kappa shape index (κ2) is 6.03. The third-order valence-corrected chi connectivity index (χ3v) is 5.24. The predicted molar refractivity (Wildman–Crippen MR) is 97.7 cm³/mol. The van der Waals surface area contributed by atoms with E-state index in [2.05, 4.69) is 6.08 Å². The molecule has 138 valence electrons. The Kier molecular flexibility index (Phi) is 3.62. The highest BCUT2D eigenvalue weighted by molar-refractivity contribution is 6.09. The van der Waals surface area contributed by atoms with Crippen LogP contribution < -0.4 is 9.47 Å². The maximum Gasteiger partial charge on any atom is 0.339 e. The predicted octanol–water partition coefficient (Wildman–Crippen LogP) is 3.57. The van der Waals surface area contributed by atoms with E-state index in [0.29, 0.717) is 23.5 Å². The molecule has 0 amide bonds. The Balaban J connectivity index is 1.80. The zero-order chi connectivity index (χ0) is 18.5. The highest BCUT2D eigenvalue weighted by Gasteiger charge is 2.32. The van der Waals surface area contributed by atoms with E-state index in [0.717, 1.165) is 33.2 Å². The van der Waals surface area contributed by atoms with E-state index >= 15 is 0 Å². The molecule has 0 N–H and O–H groups in total. The molecule has 6 heteroatoms. The quantitative estimate of drug-likeness (QED) is 0.774. The van der Waals surface area contributed by atoms with Gasteiger partial charge in [0.05, 0.1) is 19.8 Å². The molecule has 2 aliphatic heterocycles. The zero-order valence-electron chi connectivity index (χ0n) is 15.0. The number of benzene rings is 2. The number of fused-ring (bicyclic) bond motifs is 3. The standard InChI is InChI=1S/C21H18O6/c1-23-16-7-12-5-13-9-25-21(22)20(13)19(14(12)8-17(16)24-2)11-3-4-15-18(6-11)27-10-26-15/h3,5-8,15H,4,9-10H2,1-2H3. The molecule has 3 aliphatic rings. The van der Waals surface area contributed by atoms with Crippen LogP contribution in [0.2, 0.25) is 0 Å². The van der Waals surface area contributed by atoms with Gasteiger partial charge in [0.25, 0.3) is 0 Å². The molecule has 0 radical (unpaired) electrons. The zero-order valence-corrected chi connectivity index (χ0v) is 15.0. The molecule has 1 fully saturated rings. The van der Waals surface area contributed by atoms with E-state index < -0.39 is 0 Å². The van der Waals surface area contributed by atoms with Crippen LogP contribution >= 0.6 is 0 Å². The molecule has 1 atom stereocenters. The molecule has 1 saturated heterocycles. The van der Waals surface area contributed by atoms with Gasteiger partial charge in [0.15, 0.2) is 18.3 Å². The molecule has 1 unspecified atom stereocenters. The molecule has 27 heavy (non-hydrogen) atoms. The van der Waals surface area contributed by atoms with Crippen molar-refractivity contribution in [3.63, 3.8) is 0 Å². The minimum atomic E-state index is -0.304. The summed E-state index contributed by atoms with van der Waals surface area (Å²) >= 11 is 0. The fraction of sp³-hybridized carbons (Fsp3) is 0.286. The van der Waals surface area contributed by atoms with Gasteiger partial charge >= 0.3 is 5.97 Å². The summed E-state index contributed by atoms with van der Waals surface area (Å²) in [5.74, 6) is 1.75. The SMILES string of the molecule is COc1cc2cc3c(c(C4=CCC5OCOC5=C4)c2cc1OC)C(=O)OC3. The van der Waals surface area contributed by atoms with E-state index in [1.165, 1.54) is 0 Å². The average Bonchev–Trinajstić information content (AvgIpc) is 3.31. The van der Waals surface area contributed by atoms with Gasteiger partial charge in [-0.1, -0.05) is 6.08 Å². The Morgan fingerprint density at radius 3 is 2.67 bits per heavy atom. The van der Waals surface area contributed by atoms with Crippen molar-refractivity contribution in [2.45, 2.75) is 19.1 Å². The number of cyclic esters (lactones) is 1. The lowest BCUT2D eigenvalue weighted by molar-refractivity contribution is 0.0508. The second-order valence-corrected chi connectivity index (χ2v) is 6.65. The number of carbonyl (C=O) groups excluding carboxylic acids is 1. The maximum absolute atomic E-state index is 12.5. The third-order valence-electron chi connectivity index (χ3n) is 5.24. The van der Waals surface area contributed by atoms with E-state index in [1.807, 2.05) is 24.3 Å². The molecular formula is C21H18O6. The first kappa shape index (κ1) is 16.2. The summed E-state index contributed by atoms with van der Waals surface area (Å²) in [5.41, 5.74) is 3.25. The topological polar surface area (TPSA) is 63.2 Å². The molecular weight excluding hydrogens is 348 g/mol. The van der Waals surface area contributed by atoms with Crippen molar-refractivity contribution in [3.05, 3.63) is 52.8 Å². The number of hydrogen-bond donors (Lipinski definition) is 0. The Hall–Kier alpha value is -2.99. The Labute approximate surface area is 155 Å². The van der Waals surface area contributed by atoms with Crippen molar-refractivity contribution in [2.75, 3.05) is 21.0 Å². The Morgan fingerprint density at radius 2 is 1.85 bits per heavy atom. The van der Waals surface area contributed by atoms with Gasteiger partial charge in [0.1, 0.15) is 18.5 Å². The van der Waals surface area contributed by atoms with Crippen molar-refractivity contribution in [1.29, 1.82) is 0 Å². The van der Waals surface area contributed by atoms with Crippen LogP contribution in [-0.2, 0) is 20.8 Å². The fourth-order valence-electron chi connectivity index (χ4n) is 3.95. The van der Waals surface area contributed by atoms with E-state index in [4.69, 9.17) is 23.7 Å². The molecule has 1 aliphatic carbocycles. The normalized spacial score (nSPS) is 20.4. The largest absolute Gasteiger partial charge is 0.493 e. The molecule has 0 saturated carbocycles. The Morgan fingerprint density at radius 1 is 1.04 bits per heavy atom. The van der Waals surface area contributed by atoms with Gasteiger partial charge in [-0.2, -0.15) is 0 Å². The molecule has 0 spiro atoms. The van der Waals surface area contributed by atoms with Crippen molar-refractivity contribution < 1.29 is 28.5 Å². The van der Waals surface area contributed by atoms with Crippen LogP contribution in [0.1, 0.15) is 27.9 Å². The number of hydrogen-bond acceptors (Lipinski definition) is 6. The highest BCUT2D eigenvalue weighted by Crippen LogP contribution is 2.42. The first-order valence-corrected chi connectivity index (χ1v) is 8.75. The van der Waals surface area contributed by atoms with E-state index in [1.54, 1.807) is 14.2 Å². The minimum absolute atomic E-state index is 0.0432. The average molecular weight is 366 g/mol. The van der Waals surface area contributed by atoms with Crippen LogP contribution in [-0.4, -0.2) is 33.1 Å². The number of ether oxygens (including phenoxy) is 5. The number of rotatable bonds is 3. The van der Waals surface area contributed by atoms with Gasteiger partial charge in [0, 0.05) is 11.1 Å². The van der Waals surface area contributed by atoms with Gasteiger partial charge < -0.3 is 23.7 Å². The van der Waals surface area contributed by atoms with Crippen LogP contribution in [0.4, 0.5) is 0 Å². The first-order valence-electron chi connectivity index (χ1n) is 8.75. The van der Waals surface area contributed by atoms with Crippen LogP contribution in [0.5, 0.6) is 11.5 Å². The molecule has 5 rings (SSSR count). The van der Waals surface area contributed by atoms with Gasteiger partial charge in [-0.3, -0.25) is 0 Å². The maximum atomic E-state index is 12.5. The number of carbonyl (C=O) groups is 1. The first-order chi connectivity index (χ1) is 13.2. The summed E-state index contributed by atoms with van der Waals surface area (Å²) < 4.78 is 27.4. The molecule has 6 nitrogen and oxygen atoms in total.